The van der Waals surface area contributed by atoms with E-state index in [0.717, 1.165) is 0 Å². The van der Waals surface area contributed by atoms with Gasteiger partial charge in [0.15, 0.2) is 15.8 Å². The number of thioether (sulfide) groups is 1. The molecule has 13 heteroatoms. The normalized spacial score (nSPS) is 11.8. The van der Waals surface area contributed by atoms with Crippen LogP contribution < -0.4 is 4.90 Å². The van der Waals surface area contributed by atoms with Crippen molar-refractivity contribution in [3.05, 3.63) is 29.9 Å². The number of hydrogen-bond acceptors (Lipinski definition) is 13. The maximum atomic E-state index is 10.4. The van der Waals surface area contributed by atoms with Crippen LogP contribution in [-0.2, 0) is 0 Å². The van der Waals surface area contributed by atoms with Crippen LogP contribution in [-0.4, -0.2) is 44.8 Å². The molecule has 3 heterocycles. The summed E-state index contributed by atoms with van der Waals surface area (Å²) in [6.45, 7) is 0. The standard InChI is InChI=1S/C17H15N9OS3/c1-26(2)12-7-13(27)11(6-10(12)21-24-17-18-4-5-29-17)22-23-15-9-8-19-16(28-3)20-14(9)25-30-15/h4-8,27H,1-3H3/b23-22+,24-21+. The Kier molecular flexibility index (Phi) is 5.92. The molecule has 0 aliphatic heterocycles. The summed E-state index contributed by atoms with van der Waals surface area (Å²) in [4.78, 5) is 14.5. The number of rotatable bonds is 6. The Morgan fingerprint density at radius 1 is 1.07 bits per heavy atom. The first-order chi connectivity index (χ1) is 14.5. The van der Waals surface area contributed by atoms with E-state index in [9.17, 15) is 5.11 Å². The second kappa shape index (κ2) is 8.77. The van der Waals surface area contributed by atoms with E-state index in [1.54, 1.807) is 24.5 Å². The molecule has 0 aliphatic rings. The highest BCUT2D eigenvalue weighted by molar-refractivity contribution is 7.98. The summed E-state index contributed by atoms with van der Waals surface area (Å²) in [5.74, 6) is -0.0228. The lowest BCUT2D eigenvalue weighted by molar-refractivity contribution is 0.476. The highest BCUT2D eigenvalue weighted by atomic mass is 32.2. The van der Waals surface area contributed by atoms with E-state index in [2.05, 4.69) is 39.8 Å². The summed E-state index contributed by atoms with van der Waals surface area (Å²) < 4.78 is 4.29. The van der Waals surface area contributed by atoms with Crippen LogP contribution in [0.4, 0.5) is 27.2 Å². The molecule has 0 spiro atoms. The van der Waals surface area contributed by atoms with Crippen LogP contribution in [0, 0.1) is 0 Å². The third-order valence-electron chi connectivity index (χ3n) is 3.84. The Hall–Kier alpha value is -3.03. The molecule has 0 saturated carbocycles. The van der Waals surface area contributed by atoms with Crippen molar-refractivity contribution in [2.75, 3.05) is 25.3 Å². The Bertz CT molecular complexity index is 1230. The Labute approximate surface area is 183 Å². The molecule has 152 valence electrons. The van der Waals surface area contributed by atoms with Crippen LogP contribution in [0.1, 0.15) is 0 Å². The molecular formula is C17H15N9OS3. The summed E-state index contributed by atoms with van der Waals surface area (Å²) >= 11 is 3.99. The number of fused-ring (bicyclic) bond motifs is 1. The van der Waals surface area contributed by atoms with Crippen molar-refractivity contribution in [3.63, 3.8) is 0 Å². The second-order valence-electron chi connectivity index (χ2n) is 6.02. The number of aromatic nitrogens is 4. The molecule has 3 aromatic heterocycles. The molecular weight excluding hydrogens is 442 g/mol. The summed E-state index contributed by atoms with van der Waals surface area (Å²) in [6.07, 6.45) is 5.24. The van der Waals surface area contributed by atoms with Gasteiger partial charge in [0.05, 0.1) is 11.1 Å². The van der Waals surface area contributed by atoms with Crippen molar-refractivity contribution in [1.29, 1.82) is 0 Å². The fourth-order valence-electron chi connectivity index (χ4n) is 2.42. The molecule has 0 radical (unpaired) electrons. The predicted molar refractivity (Wildman–Crippen MR) is 120 cm³/mol. The van der Waals surface area contributed by atoms with Crippen molar-refractivity contribution >= 4 is 72.9 Å². The molecule has 0 bridgehead atoms. The maximum absolute atomic E-state index is 10.4. The number of aromatic hydroxyl groups is 1. The van der Waals surface area contributed by atoms with Crippen LogP contribution in [0.5, 0.6) is 5.75 Å². The lowest BCUT2D eigenvalue weighted by atomic mass is 10.2. The van der Waals surface area contributed by atoms with E-state index in [1.165, 1.54) is 34.6 Å². The van der Waals surface area contributed by atoms with Gasteiger partial charge < -0.3 is 10.0 Å². The smallest absolute Gasteiger partial charge is 0.229 e. The summed E-state index contributed by atoms with van der Waals surface area (Å²) in [6, 6.07) is 3.19. The van der Waals surface area contributed by atoms with Crippen LogP contribution in [0.3, 0.4) is 0 Å². The van der Waals surface area contributed by atoms with E-state index >= 15 is 0 Å². The summed E-state index contributed by atoms with van der Waals surface area (Å²) in [5.41, 5.74) is 2.05. The number of azo groups is 2. The van der Waals surface area contributed by atoms with Gasteiger partial charge in [-0.15, -0.1) is 31.8 Å². The number of benzene rings is 1. The van der Waals surface area contributed by atoms with E-state index in [0.29, 0.717) is 37.7 Å². The van der Waals surface area contributed by atoms with E-state index in [4.69, 9.17) is 0 Å². The zero-order chi connectivity index (χ0) is 21.1. The summed E-state index contributed by atoms with van der Waals surface area (Å²) in [7, 11) is 3.70. The minimum Gasteiger partial charge on any atom is -0.506 e. The molecule has 10 nitrogen and oxygen atoms in total. The van der Waals surface area contributed by atoms with Gasteiger partial charge in [-0.05, 0) is 23.9 Å². The first-order valence-corrected chi connectivity index (χ1v) is 11.4. The third-order valence-corrected chi connectivity index (χ3v) is 5.80. The van der Waals surface area contributed by atoms with Gasteiger partial charge in [-0.25, -0.2) is 15.0 Å². The Morgan fingerprint density at radius 3 is 2.63 bits per heavy atom. The molecule has 4 rings (SSSR count). The molecule has 0 unspecified atom stereocenters. The molecule has 0 aliphatic carbocycles. The third kappa shape index (κ3) is 4.27. The van der Waals surface area contributed by atoms with Gasteiger partial charge in [-0.1, -0.05) is 11.8 Å². The van der Waals surface area contributed by atoms with Crippen molar-refractivity contribution in [3.8, 4) is 5.75 Å². The fraction of sp³-hybridized carbons (Fsp3) is 0.176. The molecule has 0 atom stereocenters. The molecule has 1 N–H and O–H groups in total. The Morgan fingerprint density at radius 2 is 1.90 bits per heavy atom. The van der Waals surface area contributed by atoms with Crippen LogP contribution >= 0.6 is 34.6 Å². The lowest BCUT2D eigenvalue weighted by Gasteiger charge is -2.15. The fourth-order valence-corrected chi connectivity index (χ4v) is 3.84. The molecule has 0 saturated heterocycles. The number of phenolic OH excluding ortho intramolecular Hbond substituents is 1. The first-order valence-electron chi connectivity index (χ1n) is 8.49. The number of nitrogens with zero attached hydrogens (tertiary/aromatic N) is 9. The topological polar surface area (TPSA) is 124 Å². The lowest BCUT2D eigenvalue weighted by Crippen LogP contribution is -2.08. The maximum Gasteiger partial charge on any atom is 0.229 e. The molecule has 30 heavy (non-hydrogen) atoms. The van der Waals surface area contributed by atoms with Gasteiger partial charge in [-0.2, -0.15) is 4.37 Å². The SMILES string of the molecule is CSc1ncc2c(/N=N/c3cc(/N=N/c4nccs4)c(N(C)C)cc3O)snc2n1. The van der Waals surface area contributed by atoms with Gasteiger partial charge in [0.2, 0.25) is 5.13 Å². The average molecular weight is 458 g/mol. The van der Waals surface area contributed by atoms with E-state index in [-0.39, 0.29) is 11.4 Å². The van der Waals surface area contributed by atoms with Crippen molar-refractivity contribution < 1.29 is 5.11 Å². The van der Waals surface area contributed by atoms with Gasteiger partial charge >= 0.3 is 0 Å². The monoisotopic (exact) mass is 457 g/mol. The van der Waals surface area contributed by atoms with E-state index < -0.39 is 0 Å². The Balaban J connectivity index is 1.69. The van der Waals surface area contributed by atoms with Gasteiger partial charge in [-0.3, -0.25) is 0 Å². The van der Waals surface area contributed by atoms with Gasteiger partial charge in [0, 0.05) is 37.9 Å². The average Bonchev–Trinajstić information content (AvgIpc) is 3.40. The summed E-state index contributed by atoms with van der Waals surface area (Å²) in [5, 5.41) is 31.5. The highest BCUT2D eigenvalue weighted by Gasteiger charge is 2.13. The first kappa shape index (κ1) is 20.3. The van der Waals surface area contributed by atoms with Gasteiger partial charge in [0.1, 0.15) is 17.1 Å². The minimum absolute atomic E-state index is 0.0228. The highest BCUT2D eigenvalue weighted by Crippen LogP contribution is 2.41. The number of anilines is 1. The van der Waals surface area contributed by atoms with Gasteiger partial charge in [0.25, 0.3) is 0 Å². The molecule has 4 aromatic rings. The quantitative estimate of drug-likeness (QED) is 0.218. The van der Waals surface area contributed by atoms with Crippen LogP contribution in [0.25, 0.3) is 11.0 Å². The molecule has 0 amide bonds. The molecule has 1 aromatic carbocycles. The van der Waals surface area contributed by atoms with Crippen molar-refractivity contribution in [2.24, 2.45) is 20.5 Å². The number of phenols is 1. The van der Waals surface area contributed by atoms with Crippen molar-refractivity contribution in [2.45, 2.75) is 5.16 Å². The minimum atomic E-state index is -0.0228. The van der Waals surface area contributed by atoms with Crippen LogP contribution in [0.2, 0.25) is 0 Å². The number of hydrogen-bond donors (Lipinski definition) is 1. The van der Waals surface area contributed by atoms with Crippen LogP contribution in [0.15, 0.2) is 55.5 Å². The van der Waals surface area contributed by atoms with Crippen molar-refractivity contribution in [1.82, 2.24) is 19.3 Å². The predicted octanol–water partition coefficient (Wildman–Crippen LogP) is 5.87. The number of thiazole rings is 1. The zero-order valence-electron chi connectivity index (χ0n) is 16.1. The van der Waals surface area contributed by atoms with E-state index in [1.807, 2.05) is 30.6 Å². The zero-order valence-corrected chi connectivity index (χ0v) is 18.5. The largest absolute Gasteiger partial charge is 0.506 e. The molecule has 0 fully saturated rings. The second-order valence-corrected chi connectivity index (χ2v) is 8.42.